The number of carbonyl (C=O) groups excluding carboxylic acids is 4. The van der Waals surface area contributed by atoms with Gasteiger partial charge < -0.3 is 33.8 Å². The summed E-state index contributed by atoms with van der Waals surface area (Å²) < 4.78 is 68.6. The monoisotopic (exact) mass is 1430 g/mol. The molecule has 0 aliphatic heterocycles. The summed E-state index contributed by atoms with van der Waals surface area (Å²) in [7, 11) is -9.93. The number of aliphatic hydroxyl groups excluding tert-OH is 1. The molecule has 0 saturated carbocycles. The molecule has 0 radical (unpaired) electrons. The molecule has 0 aromatic carbocycles. The van der Waals surface area contributed by atoms with Crippen LogP contribution in [0.3, 0.4) is 0 Å². The van der Waals surface area contributed by atoms with Crippen LogP contribution in [0.5, 0.6) is 0 Å². The van der Waals surface area contributed by atoms with Crippen LogP contribution in [-0.2, 0) is 65.4 Å². The number of hydrogen-bond acceptors (Lipinski definition) is 15. The lowest BCUT2D eigenvalue weighted by atomic mass is 10.0. The van der Waals surface area contributed by atoms with Crippen molar-refractivity contribution >= 4 is 39.5 Å². The molecular weight excluding hydrogens is 1280 g/mol. The molecule has 98 heavy (non-hydrogen) atoms. The predicted octanol–water partition coefficient (Wildman–Crippen LogP) is 22.9. The molecule has 3 N–H and O–H groups in total. The van der Waals surface area contributed by atoms with Crippen molar-refractivity contribution in [2.45, 2.75) is 401 Å². The third-order valence-electron chi connectivity index (χ3n) is 17.8. The third kappa shape index (κ3) is 71.9. The van der Waals surface area contributed by atoms with E-state index >= 15 is 0 Å². The zero-order valence-corrected chi connectivity index (χ0v) is 65.5. The first-order chi connectivity index (χ1) is 47.2. The van der Waals surface area contributed by atoms with E-state index in [2.05, 4.69) is 72.8 Å². The van der Waals surface area contributed by atoms with Crippen molar-refractivity contribution in [2.75, 3.05) is 39.6 Å². The first-order valence-electron chi connectivity index (χ1n) is 40.2. The second-order valence-corrected chi connectivity index (χ2v) is 32.1. The van der Waals surface area contributed by atoms with E-state index in [-0.39, 0.29) is 25.7 Å². The van der Waals surface area contributed by atoms with Crippen molar-refractivity contribution in [3.05, 3.63) is 24.3 Å². The minimum Gasteiger partial charge on any atom is -0.462 e. The van der Waals surface area contributed by atoms with Crippen LogP contribution in [0.1, 0.15) is 382 Å². The van der Waals surface area contributed by atoms with Gasteiger partial charge in [-0.25, -0.2) is 9.13 Å². The Labute approximate surface area is 599 Å². The minimum absolute atomic E-state index is 0.101. The van der Waals surface area contributed by atoms with E-state index in [1.54, 1.807) is 0 Å². The smallest absolute Gasteiger partial charge is 0.462 e. The van der Waals surface area contributed by atoms with Crippen molar-refractivity contribution in [1.82, 2.24) is 0 Å². The SMILES string of the molecule is CCCCCC/C=C\C=C/CCCCCCCC(=O)OC[C@H](COP(=O)(O)OCC(O)COP(=O)(O)OC[C@@H](COC(=O)CCCCCCCCCC(C)C)OC(=O)CCCCCCCCCCCCCCC(C)C)OC(=O)CCCCCCCCCCCCCCCCCC(C)C. The Hall–Kier alpha value is -2.46. The van der Waals surface area contributed by atoms with Crippen LogP contribution in [-0.4, -0.2) is 96.7 Å². The highest BCUT2D eigenvalue weighted by Gasteiger charge is 2.30. The molecule has 0 rings (SSSR count). The van der Waals surface area contributed by atoms with Crippen molar-refractivity contribution in [3.8, 4) is 0 Å². The summed E-state index contributed by atoms with van der Waals surface area (Å²) in [5, 5.41) is 10.6. The lowest BCUT2D eigenvalue weighted by molar-refractivity contribution is -0.161. The van der Waals surface area contributed by atoms with Crippen LogP contribution in [0.2, 0.25) is 0 Å². The van der Waals surface area contributed by atoms with Crippen molar-refractivity contribution in [3.63, 3.8) is 0 Å². The summed E-state index contributed by atoms with van der Waals surface area (Å²) in [6.07, 6.45) is 59.1. The van der Waals surface area contributed by atoms with Gasteiger partial charge in [-0.1, -0.05) is 330 Å². The van der Waals surface area contributed by atoms with Gasteiger partial charge in [0.25, 0.3) is 0 Å². The predicted molar refractivity (Wildman–Crippen MR) is 400 cm³/mol. The number of unbranched alkanes of at least 4 members (excludes halogenated alkanes) is 40. The highest BCUT2D eigenvalue weighted by molar-refractivity contribution is 7.47. The second kappa shape index (κ2) is 68.9. The molecule has 0 aliphatic rings. The van der Waals surface area contributed by atoms with E-state index in [0.717, 1.165) is 127 Å². The molecule has 0 amide bonds. The minimum atomic E-state index is -4.97. The number of aliphatic hydroxyl groups is 1. The van der Waals surface area contributed by atoms with E-state index in [9.17, 15) is 43.2 Å². The molecule has 0 aliphatic carbocycles. The normalized spacial score (nSPS) is 14.2. The van der Waals surface area contributed by atoms with Crippen LogP contribution in [0.25, 0.3) is 0 Å². The van der Waals surface area contributed by atoms with E-state index in [4.69, 9.17) is 37.0 Å². The average molecular weight is 1430 g/mol. The Morgan fingerprint density at radius 1 is 0.316 bits per heavy atom. The fraction of sp³-hybridized carbons (Fsp3) is 0.899. The Morgan fingerprint density at radius 3 is 0.827 bits per heavy atom. The number of esters is 4. The highest BCUT2D eigenvalue weighted by Crippen LogP contribution is 2.45. The molecule has 5 atom stereocenters. The van der Waals surface area contributed by atoms with Gasteiger partial charge in [0.05, 0.1) is 26.4 Å². The lowest BCUT2D eigenvalue weighted by Crippen LogP contribution is -2.30. The van der Waals surface area contributed by atoms with Gasteiger partial charge in [0.1, 0.15) is 19.3 Å². The van der Waals surface area contributed by atoms with E-state index in [0.29, 0.717) is 31.6 Å². The molecule has 0 aromatic rings. The maximum absolute atomic E-state index is 13.1. The number of phosphoric acid groups is 2. The van der Waals surface area contributed by atoms with Crippen molar-refractivity contribution < 1.29 is 80.2 Å². The van der Waals surface area contributed by atoms with Gasteiger partial charge in [-0.05, 0) is 69.1 Å². The molecule has 17 nitrogen and oxygen atoms in total. The lowest BCUT2D eigenvalue weighted by Gasteiger charge is -2.21. The average Bonchev–Trinajstić information content (AvgIpc) is 0.989. The topological polar surface area (TPSA) is 237 Å². The van der Waals surface area contributed by atoms with Gasteiger partial charge in [-0.15, -0.1) is 0 Å². The van der Waals surface area contributed by atoms with Crippen LogP contribution in [0, 0.1) is 17.8 Å². The number of carbonyl (C=O) groups is 4. The first-order valence-corrected chi connectivity index (χ1v) is 43.2. The molecule has 0 bridgehead atoms. The Bertz CT molecular complexity index is 2000. The number of phosphoric ester groups is 2. The molecule has 3 unspecified atom stereocenters. The summed E-state index contributed by atoms with van der Waals surface area (Å²) in [4.78, 5) is 72.9. The molecule has 0 saturated heterocycles. The fourth-order valence-electron chi connectivity index (χ4n) is 11.6. The van der Waals surface area contributed by atoms with Crippen molar-refractivity contribution in [2.24, 2.45) is 17.8 Å². The van der Waals surface area contributed by atoms with E-state index in [1.165, 1.54) is 167 Å². The molecule has 19 heteroatoms. The molecule has 0 fully saturated rings. The van der Waals surface area contributed by atoms with Gasteiger partial charge >= 0.3 is 39.5 Å². The van der Waals surface area contributed by atoms with Gasteiger partial charge in [0.2, 0.25) is 0 Å². The Kier molecular flexibility index (Phi) is 67.2. The Balaban J connectivity index is 5.28. The summed E-state index contributed by atoms with van der Waals surface area (Å²) in [5.41, 5.74) is 0. The highest BCUT2D eigenvalue weighted by atomic mass is 31.2. The molecule has 0 aromatic heterocycles. The number of rotatable bonds is 75. The molecule has 0 spiro atoms. The van der Waals surface area contributed by atoms with E-state index < -0.39 is 97.5 Å². The van der Waals surface area contributed by atoms with Crippen molar-refractivity contribution in [1.29, 1.82) is 0 Å². The summed E-state index contributed by atoms with van der Waals surface area (Å²) in [6.45, 7) is 11.8. The summed E-state index contributed by atoms with van der Waals surface area (Å²) in [5.74, 6) is 0.134. The largest absolute Gasteiger partial charge is 0.472 e. The zero-order chi connectivity index (χ0) is 72.3. The Morgan fingerprint density at radius 2 is 0.551 bits per heavy atom. The standard InChI is InChI=1S/C79H150O17P2/c1-8-9-10-11-12-13-14-15-17-21-27-32-39-46-53-60-76(81)89-66-74(95-78(83)62-55-48-40-33-28-22-19-16-18-20-25-30-36-43-50-57-70(2)3)68-93-97(85,86)91-64-73(80)65-92-98(87,88)94-69-75(67-90-77(82)61-54-47-42-35-38-45-52-59-72(6)7)96-79(84)63-56-49-41-34-29-24-23-26-31-37-44-51-58-71(4)5/h13-15,17,70-75,80H,8-12,16,18-69H2,1-7H3,(H,85,86)(H,87,88)/b14-13-,17-15-/t73?,74-,75-/m1/s1. The first kappa shape index (κ1) is 95.5. The molecule has 578 valence electrons. The van der Waals surface area contributed by atoms with E-state index in [1.807, 2.05) is 0 Å². The number of hydrogen-bond donors (Lipinski definition) is 3. The molecular formula is C79H150O17P2. The van der Waals surface area contributed by atoms with Crippen LogP contribution in [0.15, 0.2) is 24.3 Å². The third-order valence-corrected chi connectivity index (χ3v) is 19.7. The number of allylic oxidation sites excluding steroid dienone is 4. The van der Waals surface area contributed by atoms with Crippen LogP contribution < -0.4 is 0 Å². The molecule has 0 heterocycles. The van der Waals surface area contributed by atoms with Gasteiger partial charge in [0.15, 0.2) is 12.2 Å². The van der Waals surface area contributed by atoms with Gasteiger partial charge in [0, 0.05) is 25.7 Å². The van der Waals surface area contributed by atoms with Gasteiger partial charge in [-0.2, -0.15) is 0 Å². The summed E-state index contributed by atoms with van der Waals surface area (Å²) >= 11 is 0. The zero-order valence-electron chi connectivity index (χ0n) is 63.7. The van der Waals surface area contributed by atoms with Crippen LogP contribution >= 0.6 is 15.6 Å². The quantitative estimate of drug-likeness (QED) is 0.0169. The van der Waals surface area contributed by atoms with Gasteiger partial charge in [-0.3, -0.25) is 37.3 Å². The second-order valence-electron chi connectivity index (χ2n) is 29.2. The maximum Gasteiger partial charge on any atom is 0.472 e. The number of ether oxygens (including phenoxy) is 4. The maximum atomic E-state index is 13.1. The summed E-state index contributed by atoms with van der Waals surface area (Å²) in [6, 6.07) is 0. The van der Waals surface area contributed by atoms with Crippen LogP contribution in [0.4, 0.5) is 0 Å². The fourth-order valence-corrected chi connectivity index (χ4v) is 13.2.